The molecule has 1 aromatic carbocycles. The van der Waals surface area contributed by atoms with E-state index in [1.54, 1.807) is 0 Å². The molecule has 5 rings (SSSR count). The van der Waals surface area contributed by atoms with Gasteiger partial charge in [0, 0.05) is 31.9 Å². The van der Waals surface area contributed by atoms with Crippen LogP contribution in [-0.2, 0) is 19.5 Å². The van der Waals surface area contributed by atoms with Crippen LogP contribution < -0.4 is 10.6 Å². The Kier molecular flexibility index (Phi) is 7.68. The maximum atomic E-state index is 12.7. The smallest absolute Gasteiger partial charge is 0.255 e. The Morgan fingerprint density at radius 1 is 1.03 bits per heavy atom. The van der Waals surface area contributed by atoms with Gasteiger partial charge in [-0.3, -0.25) is 14.7 Å². The summed E-state index contributed by atoms with van der Waals surface area (Å²) in [6.45, 7) is 7.20. The van der Waals surface area contributed by atoms with E-state index in [2.05, 4.69) is 61.9 Å². The fourth-order valence-corrected chi connectivity index (χ4v) is 5.68. The Morgan fingerprint density at radius 3 is 2.56 bits per heavy atom. The van der Waals surface area contributed by atoms with Gasteiger partial charge in [0.1, 0.15) is 6.33 Å². The van der Waals surface area contributed by atoms with Crippen LogP contribution >= 0.6 is 0 Å². The van der Waals surface area contributed by atoms with Crippen molar-refractivity contribution in [2.75, 3.05) is 13.1 Å². The van der Waals surface area contributed by atoms with Crippen LogP contribution in [0.4, 0.5) is 0 Å². The number of carbonyl (C=O) groups excluding carboxylic acids is 1. The zero-order chi connectivity index (χ0) is 24.9. The van der Waals surface area contributed by atoms with Gasteiger partial charge in [0.2, 0.25) is 0 Å². The third kappa shape index (κ3) is 5.47. The molecule has 1 amide bonds. The molecular formula is C29H36N6O. The molecule has 0 saturated carbocycles. The summed E-state index contributed by atoms with van der Waals surface area (Å²) < 4.78 is 0. The summed E-state index contributed by atoms with van der Waals surface area (Å²) in [5.41, 5.74) is 7.01. The maximum Gasteiger partial charge on any atom is 0.255 e. The average Bonchev–Trinajstić information content (AvgIpc) is 2.91. The summed E-state index contributed by atoms with van der Waals surface area (Å²) in [5.74, 6) is -0.130. The van der Waals surface area contributed by atoms with Crippen LogP contribution in [0.3, 0.4) is 0 Å². The molecule has 3 aromatic rings. The molecule has 2 aromatic heterocycles. The minimum absolute atomic E-state index is 0.130. The van der Waals surface area contributed by atoms with E-state index >= 15 is 0 Å². The van der Waals surface area contributed by atoms with E-state index in [1.807, 2.05) is 20.0 Å². The topological polar surface area (TPSA) is 83.0 Å². The Bertz CT molecular complexity index is 1170. The van der Waals surface area contributed by atoms with Gasteiger partial charge < -0.3 is 10.6 Å². The average molecular weight is 485 g/mol. The predicted molar refractivity (Wildman–Crippen MR) is 140 cm³/mol. The van der Waals surface area contributed by atoms with Crippen molar-refractivity contribution in [1.82, 2.24) is 30.5 Å². The Labute approximate surface area is 213 Å². The normalized spacial score (nSPS) is 19.6. The van der Waals surface area contributed by atoms with Crippen molar-refractivity contribution < 1.29 is 4.79 Å². The zero-order valence-electron chi connectivity index (χ0n) is 21.3. The van der Waals surface area contributed by atoms with Gasteiger partial charge in [-0.1, -0.05) is 30.3 Å². The van der Waals surface area contributed by atoms with Gasteiger partial charge in [0.05, 0.1) is 28.7 Å². The third-order valence-corrected chi connectivity index (χ3v) is 7.60. The van der Waals surface area contributed by atoms with Crippen molar-refractivity contribution in [1.29, 1.82) is 0 Å². The first-order chi connectivity index (χ1) is 17.6. The minimum Gasteiger partial charge on any atom is -0.348 e. The fraction of sp³-hybridized carbons (Fsp3) is 0.448. The molecule has 0 radical (unpaired) electrons. The van der Waals surface area contributed by atoms with Gasteiger partial charge in [-0.15, -0.1) is 0 Å². The number of aryl methyl sites for hydroxylation is 3. The highest BCUT2D eigenvalue weighted by atomic mass is 16.1. The van der Waals surface area contributed by atoms with Gasteiger partial charge in [0.25, 0.3) is 5.91 Å². The Balaban J connectivity index is 1.29. The van der Waals surface area contributed by atoms with Crippen molar-refractivity contribution in [3.63, 3.8) is 0 Å². The van der Waals surface area contributed by atoms with Crippen LogP contribution in [0.25, 0.3) is 0 Å². The number of nitrogens with zero attached hydrogens (tertiary/aromatic N) is 4. The largest absolute Gasteiger partial charge is 0.348 e. The van der Waals surface area contributed by atoms with Gasteiger partial charge in [-0.2, -0.15) is 0 Å². The monoisotopic (exact) mass is 484 g/mol. The van der Waals surface area contributed by atoms with Gasteiger partial charge in [0.15, 0.2) is 0 Å². The SMILES string of the molecule is Cc1ncnc(C)c1C(=O)NCc1ccc(CN(C2CCCNC2)C2CCCc3cccnc32)cc1. The van der Waals surface area contributed by atoms with Crippen LogP contribution in [0.5, 0.6) is 0 Å². The highest BCUT2D eigenvalue weighted by Gasteiger charge is 2.32. The maximum absolute atomic E-state index is 12.7. The van der Waals surface area contributed by atoms with Crippen LogP contribution in [0, 0.1) is 13.8 Å². The number of rotatable bonds is 7. The lowest BCUT2D eigenvalue weighted by atomic mass is 9.88. The molecule has 7 nitrogen and oxygen atoms in total. The van der Waals surface area contributed by atoms with E-state index in [-0.39, 0.29) is 5.91 Å². The molecule has 1 aliphatic heterocycles. The van der Waals surface area contributed by atoms with E-state index in [9.17, 15) is 4.79 Å². The standard InChI is InChI=1S/C29H36N6O/c1-20-27(21(2)34-19-33-20)29(36)32-16-22-10-12-23(13-11-22)18-35(25-8-5-14-30-17-25)26-9-3-6-24-7-4-15-31-28(24)26/h4,7,10-13,15,19,25-26,30H,3,5-6,8-9,14,16-18H2,1-2H3,(H,32,36). The van der Waals surface area contributed by atoms with Crippen molar-refractivity contribution in [3.05, 3.63) is 88.3 Å². The van der Waals surface area contributed by atoms with Gasteiger partial charge in [-0.05, 0) is 75.3 Å². The minimum atomic E-state index is -0.130. The van der Waals surface area contributed by atoms with E-state index in [1.165, 1.54) is 42.4 Å². The van der Waals surface area contributed by atoms with E-state index in [4.69, 9.17) is 4.98 Å². The number of pyridine rings is 1. The van der Waals surface area contributed by atoms with Crippen LogP contribution in [0.2, 0.25) is 0 Å². The zero-order valence-corrected chi connectivity index (χ0v) is 21.3. The molecule has 1 fully saturated rings. The summed E-state index contributed by atoms with van der Waals surface area (Å²) in [7, 11) is 0. The number of hydrogen-bond donors (Lipinski definition) is 2. The second-order valence-corrected chi connectivity index (χ2v) is 10.0. The predicted octanol–water partition coefficient (Wildman–Crippen LogP) is 4.05. The van der Waals surface area contributed by atoms with Crippen molar-refractivity contribution >= 4 is 5.91 Å². The van der Waals surface area contributed by atoms with Crippen molar-refractivity contribution in [3.8, 4) is 0 Å². The number of amides is 1. The number of nitrogens with one attached hydrogen (secondary N) is 2. The van der Waals surface area contributed by atoms with E-state index < -0.39 is 0 Å². The summed E-state index contributed by atoms with van der Waals surface area (Å²) in [4.78, 5) is 28.6. The fourth-order valence-electron chi connectivity index (χ4n) is 5.68. The molecule has 3 heterocycles. The molecule has 0 bridgehead atoms. The van der Waals surface area contributed by atoms with Crippen molar-refractivity contribution in [2.24, 2.45) is 0 Å². The first-order valence-corrected chi connectivity index (χ1v) is 13.1. The lowest BCUT2D eigenvalue weighted by molar-refractivity contribution is 0.0893. The van der Waals surface area contributed by atoms with Crippen LogP contribution in [0.1, 0.15) is 75.9 Å². The number of fused-ring (bicyclic) bond motifs is 1. The summed E-state index contributed by atoms with van der Waals surface area (Å²) in [5, 5.41) is 6.64. The first kappa shape index (κ1) is 24.5. The quantitative estimate of drug-likeness (QED) is 0.527. The molecule has 2 aliphatic rings. The molecule has 188 valence electrons. The highest BCUT2D eigenvalue weighted by Crippen LogP contribution is 2.36. The van der Waals surface area contributed by atoms with E-state index in [0.717, 1.165) is 38.0 Å². The molecule has 7 heteroatoms. The van der Waals surface area contributed by atoms with Gasteiger partial charge >= 0.3 is 0 Å². The Hall–Kier alpha value is -3.16. The lowest BCUT2D eigenvalue weighted by Gasteiger charge is -2.42. The molecular weight excluding hydrogens is 448 g/mol. The molecule has 2 N–H and O–H groups in total. The Morgan fingerprint density at radius 2 is 1.81 bits per heavy atom. The number of piperidine rings is 1. The molecule has 2 unspecified atom stereocenters. The third-order valence-electron chi connectivity index (χ3n) is 7.60. The number of aromatic nitrogens is 3. The number of carbonyl (C=O) groups is 1. The molecule has 2 atom stereocenters. The highest BCUT2D eigenvalue weighted by molar-refractivity contribution is 5.96. The second-order valence-electron chi connectivity index (χ2n) is 10.0. The molecule has 1 aliphatic carbocycles. The second kappa shape index (κ2) is 11.3. The van der Waals surface area contributed by atoms with Crippen LogP contribution in [-0.4, -0.2) is 44.9 Å². The van der Waals surface area contributed by atoms with Gasteiger partial charge in [-0.25, -0.2) is 9.97 Å². The van der Waals surface area contributed by atoms with Crippen molar-refractivity contribution in [2.45, 2.75) is 71.1 Å². The summed E-state index contributed by atoms with van der Waals surface area (Å²) >= 11 is 0. The molecule has 36 heavy (non-hydrogen) atoms. The summed E-state index contributed by atoms with van der Waals surface area (Å²) in [6, 6.07) is 13.8. The van der Waals surface area contributed by atoms with Crippen LogP contribution in [0.15, 0.2) is 48.9 Å². The molecule has 0 spiro atoms. The number of benzene rings is 1. The summed E-state index contributed by atoms with van der Waals surface area (Å²) in [6.07, 6.45) is 9.38. The first-order valence-electron chi connectivity index (χ1n) is 13.1. The lowest BCUT2D eigenvalue weighted by Crippen LogP contribution is -2.47. The number of hydrogen-bond acceptors (Lipinski definition) is 6. The molecule has 1 saturated heterocycles. The van der Waals surface area contributed by atoms with E-state index in [0.29, 0.717) is 35.6 Å².